The molecule has 1 amide bonds. The lowest BCUT2D eigenvalue weighted by atomic mass is 10.1. The van der Waals surface area contributed by atoms with E-state index < -0.39 is 0 Å². The van der Waals surface area contributed by atoms with Crippen molar-refractivity contribution in [1.29, 1.82) is 0 Å². The molecule has 0 unspecified atom stereocenters. The van der Waals surface area contributed by atoms with E-state index in [1.54, 1.807) is 24.0 Å². The zero-order valence-electron chi connectivity index (χ0n) is 10.7. The standard InChI is InChI=1S/C13H21N3O/c1-4-6-7-9-14-13(17)12-11(8-5-2)10-15-16(12)3/h5,10H,2,4,6-9H2,1,3H3,(H,14,17). The van der Waals surface area contributed by atoms with Crippen LogP contribution in [-0.4, -0.2) is 22.2 Å². The maximum absolute atomic E-state index is 12.0. The van der Waals surface area contributed by atoms with Crippen LogP contribution in [0.15, 0.2) is 18.9 Å². The third kappa shape index (κ3) is 3.73. The highest BCUT2D eigenvalue weighted by Crippen LogP contribution is 2.08. The van der Waals surface area contributed by atoms with E-state index in [0.29, 0.717) is 12.1 Å². The minimum Gasteiger partial charge on any atom is -0.351 e. The quantitative estimate of drug-likeness (QED) is 0.581. The molecule has 1 aromatic heterocycles. The van der Waals surface area contributed by atoms with Gasteiger partial charge in [0.25, 0.3) is 5.91 Å². The number of aryl methyl sites for hydroxylation is 1. The number of amides is 1. The van der Waals surface area contributed by atoms with Crippen LogP contribution in [-0.2, 0) is 13.5 Å². The molecule has 0 radical (unpaired) electrons. The molecule has 1 rings (SSSR count). The van der Waals surface area contributed by atoms with Crippen LogP contribution in [0.3, 0.4) is 0 Å². The molecule has 4 nitrogen and oxygen atoms in total. The van der Waals surface area contributed by atoms with E-state index in [9.17, 15) is 4.79 Å². The molecule has 1 aromatic rings. The molecular formula is C13H21N3O. The van der Waals surface area contributed by atoms with Crippen molar-refractivity contribution in [2.75, 3.05) is 6.54 Å². The number of carbonyl (C=O) groups is 1. The predicted octanol–water partition coefficient (Wildman–Crippen LogP) is 2.07. The van der Waals surface area contributed by atoms with E-state index in [0.717, 1.165) is 31.4 Å². The number of rotatable bonds is 7. The van der Waals surface area contributed by atoms with Gasteiger partial charge in [-0.2, -0.15) is 5.10 Å². The first kappa shape index (κ1) is 13.5. The Bertz CT molecular complexity index is 382. The van der Waals surface area contributed by atoms with Gasteiger partial charge in [-0.1, -0.05) is 25.8 Å². The second-order valence-corrected chi connectivity index (χ2v) is 4.10. The molecule has 0 aromatic carbocycles. The molecule has 0 aliphatic heterocycles. The Hall–Kier alpha value is -1.58. The predicted molar refractivity (Wildman–Crippen MR) is 69.0 cm³/mol. The number of allylic oxidation sites excluding steroid dienone is 1. The van der Waals surface area contributed by atoms with E-state index in [1.807, 2.05) is 0 Å². The van der Waals surface area contributed by atoms with Crippen molar-refractivity contribution < 1.29 is 4.79 Å². The molecule has 17 heavy (non-hydrogen) atoms. The Labute approximate surface area is 103 Å². The molecule has 4 heteroatoms. The highest BCUT2D eigenvalue weighted by atomic mass is 16.2. The third-order valence-corrected chi connectivity index (χ3v) is 2.66. The van der Waals surface area contributed by atoms with Gasteiger partial charge in [0.15, 0.2) is 0 Å². The number of hydrogen-bond acceptors (Lipinski definition) is 2. The van der Waals surface area contributed by atoms with E-state index in [4.69, 9.17) is 0 Å². The molecule has 0 aliphatic rings. The van der Waals surface area contributed by atoms with Gasteiger partial charge in [0.05, 0.1) is 6.20 Å². The van der Waals surface area contributed by atoms with Crippen LogP contribution in [0.4, 0.5) is 0 Å². The average Bonchev–Trinajstić information content (AvgIpc) is 2.66. The van der Waals surface area contributed by atoms with Crippen LogP contribution < -0.4 is 5.32 Å². The number of nitrogens with zero attached hydrogens (tertiary/aromatic N) is 2. The van der Waals surface area contributed by atoms with E-state index in [2.05, 4.69) is 23.9 Å². The summed E-state index contributed by atoms with van der Waals surface area (Å²) in [6, 6.07) is 0. The van der Waals surface area contributed by atoms with Crippen LogP contribution >= 0.6 is 0 Å². The Morgan fingerprint density at radius 3 is 3.00 bits per heavy atom. The Morgan fingerprint density at radius 2 is 2.35 bits per heavy atom. The lowest BCUT2D eigenvalue weighted by Gasteiger charge is -2.06. The highest BCUT2D eigenvalue weighted by Gasteiger charge is 2.14. The molecule has 0 atom stereocenters. The molecule has 94 valence electrons. The van der Waals surface area contributed by atoms with Gasteiger partial charge in [0, 0.05) is 19.2 Å². The fourth-order valence-corrected chi connectivity index (χ4v) is 1.74. The first-order valence-corrected chi connectivity index (χ1v) is 6.10. The first-order valence-electron chi connectivity index (χ1n) is 6.10. The summed E-state index contributed by atoms with van der Waals surface area (Å²) in [7, 11) is 1.79. The molecule has 0 aliphatic carbocycles. The lowest BCUT2D eigenvalue weighted by molar-refractivity contribution is 0.0942. The number of aromatic nitrogens is 2. The van der Waals surface area contributed by atoms with Gasteiger partial charge in [-0.15, -0.1) is 6.58 Å². The van der Waals surface area contributed by atoms with Crippen molar-refractivity contribution in [3.63, 3.8) is 0 Å². The molecule has 0 saturated carbocycles. The summed E-state index contributed by atoms with van der Waals surface area (Å²) < 4.78 is 1.62. The molecule has 0 saturated heterocycles. The monoisotopic (exact) mass is 235 g/mol. The number of unbranched alkanes of at least 4 members (excludes halogenated alkanes) is 2. The van der Waals surface area contributed by atoms with Crippen molar-refractivity contribution in [3.05, 3.63) is 30.1 Å². The molecule has 0 bridgehead atoms. The fraction of sp³-hybridized carbons (Fsp3) is 0.538. The maximum Gasteiger partial charge on any atom is 0.269 e. The van der Waals surface area contributed by atoms with E-state index in [-0.39, 0.29) is 5.91 Å². The van der Waals surface area contributed by atoms with Crippen LogP contribution in [0.1, 0.15) is 42.2 Å². The smallest absolute Gasteiger partial charge is 0.269 e. The summed E-state index contributed by atoms with van der Waals surface area (Å²) in [5.41, 5.74) is 1.57. The topological polar surface area (TPSA) is 46.9 Å². The molecule has 0 fully saturated rings. The second-order valence-electron chi connectivity index (χ2n) is 4.10. The maximum atomic E-state index is 12.0. The van der Waals surface area contributed by atoms with Gasteiger partial charge in [-0.3, -0.25) is 9.48 Å². The molecule has 1 heterocycles. The number of nitrogens with one attached hydrogen (secondary N) is 1. The largest absolute Gasteiger partial charge is 0.351 e. The van der Waals surface area contributed by atoms with Gasteiger partial charge >= 0.3 is 0 Å². The van der Waals surface area contributed by atoms with E-state index in [1.165, 1.54) is 0 Å². The van der Waals surface area contributed by atoms with Crippen LogP contribution in [0.2, 0.25) is 0 Å². The minimum atomic E-state index is -0.0436. The Morgan fingerprint density at radius 1 is 1.59 bits per heavy atom. The Balaban J connectivity index is 2.61. The average molecular weight is 235 g/mol. The summed E-state index contributed by atoms with van der Waals surface area (Å²) in [6.07, 6.45) is 7.50. The lowest BCUT2D eigenvalue weighted by Crippen LogP contribution is -2.27. The Kier molecular flexibility index (Phi) is 5.46. The van der Waals surface area contributed by atoms with Gasteiger partial charge in [0.1, 0.15) is 5.69 Å². The van der Waals surface area contributed by atoms with Gasteiger partial charge in [-0.05, 0) is 12.8 Å². The minimum absolute atomic E-state index is 0.0436. The van der Waals surface area contributed by atoms with Crippen LogP contribution in [0.25, 0.3) is 0 Å². The van der Waals surface area contributed by atoms with Crippen molar-refractivity contribution in [3.8, 4) is 0 Å². The number of hydrogen-bond donors (Lipinski definition) is 1. The van der Waals surface area contributed by atoms with Gasteiger partial charge < -0.3 is 5.32 Å². The van der Waals surface area contributed by atoms with Crippen molar-refractivity contribution in [1.82, 2.24) is 15.1 Å². The van der Waals surface area contributed by atoms with Gasteiger partial charge in [-0.25, -0.2) is 0 Å². The SMILES string of the molecule is C=CCc1cnn(C)c1C(=O)NCCCCC. The summed E-state index contributed by atoms with van der Waals surface area (Å²) >= 11 is 0. The molecule has 0 spiro atoms. The highest BCUT2D eigenvalue weighted by molar-refractivity contribution is 5.93. The van der Waals surface area contributed by atoms with Crippen LogP contribution in [0, 0.1) is 0 Å². The normalized spacial score (nSPS) is 10.2. The van der Waals surface area contributed by atoms with Crippen molar-refractivity contribution in [2.45, 2.75) is 32.6 Å². The zero-order chi connectivity index (χ0) is 12.7. The summed E-state index contributed by atoms with van der Waals surface area (Å²) in [4.78, 5) is 12.0. The van der Waals surface area contributed by atoms with Crippen molar-refractivity contribution in [2.24, 2.45) is 7.05 Å². The van der Waals surface area contributed by atoms with Crippen LogP contribution in [0.5, 0.6) is 0 Å². The third-order valence-electron chi connectivity index (χ3n) is 2.66. The molecule has 1 N–H and O–H groups in total. The van der Waals surface area contributed by atoms with Gasteiger partial charge in [0.2, 0.25) is 0 Å². The fourth-order valence-electron chi connectivity index (χ4n) is 1.74. The molecular weight excluding hydrogens is 214 g/mol. The zero-order valence-corrected chi connectivity index (χ0v) is 10.7. The number of carbonyl (C=O) groups excluding carboxylic acids is 1. The first-order chi connectivity index (χ1) is 8.20. The summed E-state index contributed by atoms with van der Waals surface area (Å²) in [5, 5.41) is 7.03. The summed E-state index contributed by atoms with van der Waals surface area (Å²) in [5.74, 6) is -0.0436. The van der Waals surface area contributed by atoms with Crippen molar-refractivity contribution >= 4 is 5.91 Å². The second kappa shape index (κ2) is 6.89. The summed E-state index contributed by atoms with van der Waals surface area (Å²) in [6.45, 7) is 6.55. The van der Waals surface area contributed by atoms with E-state index >= 15 is 0 Å².